The Morgan fingerprint density at radius 1 is 1.16 bits per heavy atom. The van der Waals surface area contributed by atoms with E-state index in [9.17, 15) is 4.39 Å². The van der Waals surface area contributed by atoms with Crippen LogP contribution in [-0.2, 0) is 6.42 Å². The minimum atomic E-state index is -0.276. The van der Waals surface area contributed by atoms with Crippen molar-refractivity contribution < 1.29 is 9.13 Å². The zero-order valence-corrected chi connectivity index (χ0v) is 11.2. The van der Waals surface area contributed by atoms with Crippen LogP contribution in [0.15, 0.2) is 36.4 Å². The van der Waals surface area contributed by atoms with Crippen molar-refractivity contribution >= 4 is 0 Å². The van der Waals surface area contributed by atoms with Crippen LogP contribution in [0.5, 0.6) is 5.75 Å². The van der Waals surface area contributed by atoms with E-state index in [0.29, 0.717) is 17.9 Å². The fourth-order valence-corrected chi connectivity index (χ4v) is 2.12. The summed E-state index contributed by atoms with van der Waals surface area (Å²) in [6.45, 7) is 2.63. The molecule has 0 saturated carbocycles. The summed E-state index contributed by atoms with van der Waals surface area (Å²) in [5.74, 6) is 0.248. The van der Waals surface area contributed by atoms with Crippen LogP contribution in [0.4, 0.5) is 4.39 Å². The van der Waals surface area contributed by atoms with Gasteiger partial charge in [0.05, 0.1) is 7.11 Å². The number of aryl methyl sites for hydroxylation is 1. The number of ether oxygens (including phenoxy) is 1. The van der Waals surface area contributed by atoms with Crippen molar-refractivity contribution in [1.29, 1.82) is 0 Å². The van der Waals surface area contributed by atoms with Gasteiger partial charge in [0.2, 0.25) is 0 Å². The molecule has 0 unspecified atom stereocenters. The molecule has 0 fully saturated rings. The highest BCUT2D eigenvalue weighted by molar-refractivity contribution is 5.66. The summed E-state index contributed by atoms with van der Waals surface area (Å²) < 4.78 is 19.0. The van der Waals surface area contributed by atoms with Crippen molar-refractivity contribution in [2.45, 2.75) is 13.3 Å². The smallest absolute Gasteiger partial charge is 0.134 e. The van der Waals surface area contributed by atoms with Gasteiger partial charge in [-0.2, -0.15) is 0 Å². The van der Waals surface area contributed by atoms with E-state index < -0.39 is 0 Å². The first-order chi connectivity index (χ1) is 9.15. The number of hydrogen-bond donors (Lipinski definition) is 1. The fraction of sp³-hybridized carbons (Fsp3) is 0.250. The molecule has 0 spiro atoms. The highest BCUT2D eigenvalue weighted by atomic mass is 19.1. The van der Waals surface area contributed by atoms with Crippen LogP contribution in [0, 0.1) is 12.7 Å². The number of nitrogens with two attached hydrogens (primary N) is 1. The lowest BCUT2D eigenvalue weighted by molar-refractivity contribution is 0.411. The quantitative estimate of drug-likeness (QED) is 0.914. The summed E-state index contributed by atoms with van der Waals surface area (Å²) in [5.41, 5.74) is 9.39. The average molecular weight is 259 g/mol. The largest absolute Gasteiger partial charge is 0.497 e. The van der Waals surface area contributed by atoms with Gasteiger partial charge in [-0.15, -0.1) is 0 Å². The lowest BCUT2D eigenvalue weighted by Gasteiger charge is -2.10. The van der Waals surface area contributed by atoms with Crippen molar-refractivity contribution in [2.24, 2.45) is 5.73 Å². The fourth-order valence-electron chi connectivity index (χ4n) is 2.12. The third-order valence-corrected chi connectivity index (χ3v) is 3.25. The Labute approximate surface area is 113 Å². The first kappa shape index (κ1) is 13.6. The maximum Gasteiger partial charge on any atom is 0.134 e. The molecule has 0 aliphatic rings. The molecular formula is C16H18FNO. The Morgan fingerprint density at radius 2 is 1.95 bits per heavy atom. The minimum absolute atomic E-state index is 0.276. The van der Waals surface area contributed by atoms with Gasteiger partial charge in [-0.25, -0.2) is 4.39 Å². The third kappa shape index (κ3) is 2.93. The van der Waals surface area contributed by atoms with Crippen molar-refractivity contribution in [2.75, 3.05) is 13.7 Å². The summed E-state index contributed by atoms with van der Waals surface area (Å²) in [7, 11) is 1.53. The van der Waals surface area contributed by atoms with Crippen molar-refractivity contribution in [3.8, 4) is 16.9 Å². The van der Waals surface area contributed by atoms with Crippen molar-refractivity contribution in [3.05, 3.63) is 53.3 Å². The van der Waals surface area contributed by atoms with Crippen LogP contribution < -0.4 is 10.5 Å². The highest BCUT2D eigenvalue weighted by Crippen LogP contribution is 2.27. The predicted octanol–water partition coefficient (Wildman–Crippen LogP) is 3.31. The van der Waals surface area contributed by atoms with Gasteiger partial charge in [-0.3, -0.25) is 0 Å². The Balaban J connectivity index is 2.44. The van der Waals surface area contributed by atoms with E-state index >= 15 is 0 Å². The van der Waals surface area contributed by atoms with Gasteiger partial charge in [-0.1, -0.05) is 18.2 Å². The molecule has 0 heterocycles. The second-order valence-corrected chi connectivity index (χ2v) is 4.53. The summed E-state index contributed by atoms with van der Waals surface area (Å²) in [5, 5.41) is 0. The SMILES string of the molecule is COc1ccc(-c2ccc(C)c(CCN)c2)c(F)c1. The van der Waals surface area contributed by atoms with Gasteiger partial charge < -0.3 is 10.5 Å². The van der Waals surface area contributed by atoms with E-state index in [1.807, 2.05) is 25.1 Å². The second kappa shape index (κ2) is 5.85. The molecule has 0 aliphatic heterocycles. The van der Waals surface area contributed by atoms with Crippen LogP contribution in [0.1, 0.15) is 11.1 Å². The molecule has 0 aliphatic carbocycles. The summed E-state index contributed by atoms with van der Waals surface area (Å²) in [4.78, 5) is 0. The molecule has 2 aromatic rings. The molecule has 19 heavy (non-hydrogen) atoms. The molecule has 0 bridgehead atoms. The van der Waals surface area contributed by atoms with Gasteiger partial charge >= 0.3 is 0 Å². The first-order valence-corrected chi connectivity index (χ1v) is 6.29. The lowest BCUT2D eigenvalue weighted by atomic mass is 9.97. The zero-order valence-electron chi connectivity index (χ0n) is 11.2. The normalized spacial score (nSPS) is 10.5. The molecule has 2 nitrogen and oxygen atoms in total. The summed E-state index contributed by atoms with van der Waals surface area (Å²) >= 11 is 0. The third-order valence-electron chi connectivity index (χ3n) is 3.25. The molecule has 0 saturated heterocycles. The van der Waals surface area contributed by atoms with Crippen LogP contribution in [0.25, 0.3) is 11.1 Å². The Bertz CT molecular complexity index is 581. The highest BCUT2D eigenvalue weighted by Gasteiger charge is 2.08. The summed E-state index contributed by atoms with van der Waals surface area (Å²) in [6.07, 6.45) is 0.803. The Kier molecular flexibility index (Phi) is 4.17. The van der Waals surface area contributed by atoms with Crippen LogP contribution in [0.2, 0.25) is 0 Å². The number of halogens is 1. The average Bonchev–Trinajstić information content (AvgIpc) is 2.41. The molecule has 100 valence electrons. The van der Waals surface area contributed by atoms with Gasteiger partial charge in [0.25, 0.3) is 0 Å². The molecule has 0 amide bonds. The number of benzene rings is 2. The van der Waals surface area contributed by atoms with E-state index in [2.05, 4.69) is 0 Å². The monoisotopic (exact) mass is 259 g/mol. The maximum atomic E-state index is 14.0. The molecule has 3 heteroatoms. The van der Waals surface area contributed by atoms with Crippen molar-refractivity contribution in [3.63, 3.8) is 0 Å². The van der Waals surface area contributed by atoms with E-state index in [1.165, 1.54) is 18.7 Å². The van der Waals surface area contributed by atoms with Gasteiger partial charge in [0.1, 0.15) is 11.6 Å². The van der Waals surface area contributed by atoms with E-state index in [4.69, 9.17) is 10.5 Å². The first-order valence-electron chi connectivity index (χ1n) is 6.29. The number of methoxy groups -OCH3 is 1. The van der Waals surface area contributed by atoms with Gasteiger partial charge in [-0.05, 0) is 48.7 Å². The maximum absolute atomic E-state index is 14.0. The molecule has 2 N–H and O–H groups in total. The standard InChI is InChI=1S/C16H18FNO/c1-11-3-4-13(9-12(11)7-8-18)15-6-5-14(19-2)10-16(15)17/h3-6,9-10H,7-8,18H2,1-2H3. The second-order valence-electron chi connectivity index (χ2n) is 4.53. The zero-order chi connectivity index (χ0) is 13.8. The van der Waals surface area contributed by atoms with Gasteiger partial charge in [0, 0.05) is 11.6 Å². The molecule has 0 radical (unpaired) electrons. The van der Waals surface area contributed by atoms with Crippen molar-refractivity contribution in [1.82, 2.24) is 0 Å². The lowest BCUT2D eigenvalue weighted by Crippen LogP contribution is -2.04. The Morgan fingerprint density at radius 3 is 2.58 bits per heavy atom. The minimum Gasteiger partial charge on any atom is -0.497 e. The molecular weight excluding hydrogens is 241 g/mol. The van der Waals surface area contributed by atoms with E-state index in [-0.39, 0.29) is 5.82 Å². The number of hydrogen-bond acceptors (Lipinski definition) is 2. The molecule has 2 rings (SSSR count). The van der Waals surface area contributed by atoms with E-state index in [0.717, 1.165) is 17.5 Å². The predicted molar refractivity (Wildman–Crippen MR) is 75.9 cm³/mol. The van der Waals surface area contributed by atoms with Crippen LogP contribution in [-0.4, -0.2) is 13.7 Å². The molecule has 0 aromatic heterocycles. The van der Waals surface area contributed by atoms with Crippen LogP contribution in [0.3, 0.4) is 0 Å². The molecule has 0 atom stereocenters. The number of rotatable bonds is 4. The topological polar surface area (TPSA) is 35.2 Å². The van der Waals surface area contributed by atoms with Gasteiger partial charge in [0.15, 0.2) is 0 Å². The summed E-state index contributed by atoms with van der Waals surface area (Å²) in [6, 6.07) is 10.8. The molecule has 2 aromatic carbocycles. The Hall–Kier alpha value is -1.87. The van der Waals surface area contributed by atoms with Crippen LogP contribution >= 0.6 is 0 Å². The van der Waals surface area contributed by atoms with E-state index in [1.54, 1.807) is 12.1 Å².